The molecule has 1 amide bonds. The van der Waals surface area contributed by atoms with Gasteiger partial charge in [-0.25, -0.2) is 0 Å². The van der Waals surface area contributed by atoms with Crippen molar-refractivity contribution < 1.29 is 4.79 Å². The molecule has 2 nitrogen and oxygen atoms in total. The smallest absolute Gasteiger partial charge is 0.251 e. The van der Waals surface area contributed by atoms with Gasteiger partial charge < -0.3 is 5.32 Å². The van der Waals surface area contributed by atoms with Crippen LogP contribution >= 0.6 is 11.3 Å². The third-order valence-electron chi connectivity index (χ3n) is 5.29. The summed E-state index contributed by atoms with van der Waals surface area (Å²) in [5.74, 6) is 0.0299. The lowest BCUT2D eigenvalue weighted by atomic mass is 9.80. The molecule has 0 radical (unpaired) electrons. The largest absolute Gasteiger partial charge is 0.351 e. The van der Waals surface area contributed by atoms with Gasteiger partial charge in [-0.05, 0) is 58.1 Å². The summed E-state index contributed by atoms with van der Waals surface area (Å²) in [6.45, 7) is 0.732. The van der Waals surface area contributed by atoms with Gasteiger partial charge in [0.05, 0.1) is 0 Å². The minimum absolute atomic E-state index is 0.0299. The number of hydrogen-bond donors (Lipinski definition) is 1. The lowest BCUT2D eigenvalue weighted by Crippen LogP contribution is -2.38. The van der Waals surface area contributed by atoms with Gasteiger partial charge in [-0.2, -0.15) is 11.3 Å². The van der Waals surface area contributed by atoms with Gasteiger partial charge in [-0.15, -0.1) is 0 Å². The highest BCUT2D eigenvalue weighted by Crippen LogP contribution is 2.41. The molecule has 0 aliphatic heterocycles. The van der Waals surface area contributed by atoms with E-state index in [2.05, 4.69) is 34.3 Å². The van der Waals surface area contributed by atoms with Crippen LogP contribution < -0.4 is 5.32 Å². The summed E-state index contributed by atoms with van der Waals surface area (Å²) in [7, 11) is 0. The van der Waals surface area contributed by atoms with Gasteiger partial charge in [0.1, 0.15) is 0 Å². The van der Waals surface area contributed by atoms with E-state index in [0.29, 0.717) is 0 Å². The number of carbonyl (C=O) groups is 1. The molecule has 122 valence electrons. The van der Waals surface area contributed by atoms with Crippen LogP contribution in [0, 0.1) is 0 Å². The molecule has 24 heavy (non-hydrogen) atoms. The number of rotatable bonds is 4. The van der Waals surface area contributed by atoms with Crippen LogP contribution in [0.5, 0.6) is 0 Å². The van der Waals surface area contributed by atoms with Crippen LogP contribution in [-0.2, 0) is 5.41 Å². The monoisotopic (exact) mass is 335 g/mol. The standard InChI is InChI=1S/C21H21NOS/c23-20(18-8-7-16-5-1-2-6-17(16)13-18)22-15-21(10-3-4-11-21)19-9-12-24-14-19/h1-2,5-9,12-14H,3-4,10-11,15H2,(H,22,23). The van der Waals surface area contributed by atoms with Crippen LogP contribution in [0.1, 0.15) is 41.6 Å². The van der Waals surface area contributed by atoms with E-state index in [0.717, 1.165) is 17.5 Å². The minimum Gasteiger partial charge on any atom is -0.351 e. The van der Waals surface area contributed by atoms with Crippen molar-refractivity contribution in [3.8, 4) is 0 Å². The molecule has 4 rings (SSSR count). The van der Waals surface area contributed by atoms with Gasteiger partial charge in [0.15, 0.2) is 0 Å². The molecule has 3 aromatic rings. The Balaban J connectivity index is 1.52. The van der Waals surface area contributed by atoms with Crippen LogP contribution in [0.2, 0.25) is 0 Å². The molecule has 0 spiro atoms. The van der Waals surface area contributed by atoms with Crippen molar-refractivity contribution in [1.82, 2.24) is 5.32 Å². The summed E-state index contributed by atoms with van der Waals surface area (Å²) >= 11 is 1.74. The van der Waals surface area contributed by atoms with E-state index in [1.54, 1.807) is 11.3 Å². The fourth-order valence-electron chi connectivity index (χ4n) is 3.87. The van der Waals surface area contributed by atoms with Gasteiger partial charge in [-0.1, -0.05) is 43.2 Å². The van der Waals surface area contributed by atoms with E-state index < -0.39 is 0 Å². The first-order valence-corrected chi connectivity index (χ1v) is 9.51. The lowest BCUT2D eigenvalue weighted by Gasteiger charge is -2.28. The fraction of sp³-hybridized carbons (Fsp3) is 0.286. The van der Waals surface area contributed by atoms with Crippen molar-refractivity contribution in [2.24, 2.45) is 0 Å². The van der Waals surface area contributed by atoms with Gasteiger partial charge >= 0.3 is 0 Å². The van der Waals surface area contributed by atoms with Crippen LogP contribution in [-0.4, -0.2) is 12.5 Å². The zero-order valence-electron chi connectivity index (χ0n) is 13.6. The van der Waals surface area contributed by atoms with Gasteiger partial charge in [0, 0.05) is 17.5 Å². The van der Waals surface area contributed by atoms with E-state index in [-0.39, 0.29) is 11.3 Å². The number of nitrogens with one attached hydrogen (secondary N) is 1. The third kappa shape index (κ3) is 2.84. The average Bonchev–Trinajstić information content (AvgIpc) is 3.31. The molecule has 3 heteroatoms. The highest BCUT2D eigenvalue weighted by molar-refractivity contribution is 7.08. The second-order valence-electron chi connectivity index (χ2n) is 6.74. The maximum atomic E-state index is 12.6. The van der Waals surface area contributed by atoms with Crippen molar-refractivity contribution in [3.05, 3.63) is 70.4 Å². The van der Waals surface area contributed by atoms with Crippen LogP contribution in [0.3, 0.4) is 0 Å². The van der Waals surface area contributed by atoms with Gasteiger partial charge in [-0.3, -0.25) is 4.79 Å². The van der Waals surface area contributed by atoms with Crippen LogP contribution in [0.15, 0.2) is 59.3 Å². The summed E-state index contributed by atoms with van der Waals surface area (Å²) in [6.07, 6.45) is 4.84. The molecular weight excluding hydrogens is 314 g/mol. The van der Waals surface area contributed by atoms with Gasteiger partial charge in [0.25, 0.3) is 5.91 Å². The molecule has 0 atom stereocenters. The molecule has 0 bridgehead atoms. The minimum atomic E-state index is 0.0299. The van der Waals surface area contributed by atoms with E-state index in [1.807, 2.05) is 30.3 Å². The van der Waals surface area contributed by atoms with Crippen molar-refractivity contribution in [2.75, 3.05) is 6.54 Å². The van der Waals surface area contributed by atoms with Crippen molar-refractivity contribution in [3.63, 3.8) is 0 Å². The third-order valence-corrected chi connectivity index (χ3v) is 5.98. The summed E-state index contributed by atoms with van der Waals surface area (Å²) < 4.78 is 0. The second-order valence-corrected chi connectivity index (χ2v) is 7.52. The number of hydrogen-bond acceptors (Lipinski definition) is 2. The first-order chi connectivity index (χ1) is 11.8. The van der Waals surface area contributed by atoms with E-state index in [9.17, 15) is 4.79 Å². The zero-order chi connectivity index (χ0) is 16.4. The van der Waals surface area contributed by atoms with Crippen molar-refractivity contribution >= 4 is 28.0 Å². The first kappa shape index (κ1) is 15.4. The van der Waals surface area contributed by atoms with E-state index in [4.69, 9.17) is 0 Å². The van der Waals surface area contributed by atoms with Crippen molar-refractivity contribution in [1.29, 1.82) is 0 Å². The molecule has 1 heterocycles. The Kier molecular flexibility index (Phi) is 4.11. The summed E-state index contributed by atoms with van der Waals surface area (Å²) in [4.78, 5) is 12.6. The van der Waals surface area contributed by atoms with Crippen LogP contribution in [0.4, 0.5) is 0 Å². The Hall–Kier alpha value is -2.13. The molecule has 1 N–H and O–H groups in total. The molecule has 1 aliphatic carbocycles. The topological polar surface area (TPSA) is 29.1 Å². The number of benzene rings is 2. The number of thiophene rings is 1. The molecule has 0 saturated heterocycles. The molecule has 1 saturated carbocycles. The molecule has 1 aliphatic rings. The van der Waals surface area contributed by atoms with E-state index >= 15 is 0 Å². The fourth-order valence-corrected chi connectivity index (χ4v) is 4.65. The maximum absolute atomic E-state index is 12.6. The Morgan fingerprint density at radius 1 is 1.04 bits per heavy atom. The SMILES string of the molecule is O=C(NCC1(c2ccsc2)CCCC1)c1ccc2ccccc2c1. The zero-order valence-corrected chi connectivity index (χ0v) is 14.4. The second kappa shape index (κ2) is 6.40. The summed E-state index contributed by atoms with van der Waals surface area (Å²) in [5, 5.41) is 9.86. The Bertz CT molecular complexity index is 847. The molecule has 1 fully saturated rings. The molecule has 2 aromatic carbocycles. The Morgan fingerprint density at radius 2 is 1.83 bits per heavy atom. The lowest BCUT2D eigenvalue weighted by molar-refractivity contribution is 0.0943. The Morgan fingerprint density at radius 3 is 2.58 bits per heavy atom. The highest BCUT2D eigenvalue weighted by atomic mass is 32.1. The molecular formula is C21H21NOS. The normalized spacial score (nSPS) is 16.3. The number of fused-ring (bicyclic) bond motifs is 1. The van der Waals surface area contributed by atoms with Crippen LogP contribution in [0.25, 0.3) is 10.8 Å². The quantitative estimate of drug-likeness (QED) is 0.702. The molecule has 0 unspecified atom stereocenters. The first-order valence-electron chi connectivity index (χ1n) is 8.57. The van der Waals surface area contributed by atoms with Crippen molar-refractivity contribution in [2.45, 2.75) is 31.1 Å². The van der Waals surface area contributed by atoms with Gasteiger partial charge in [0.2, 0.25) is 0 Å². The summed E-state index contributed by atoms with van der Waals surface area (Å²) in [6, 6.07) is 16.3. The summed E-state index contributed by atoms with van der Waals surface area (Å²) in [5.41, 5.74) is 2.27. The molecule has 1 aromatic heterocycles. The number of carbonyl (C=O) groups excluding carboxylic acids is 1. The maximum Gasteiger partial charge on any atom is 0.251 e. The predicted molar refractivity (Wildman–Crippen MR) is 101 cm³/mol. The van der Waals surface area contributed by atoms with E-state index in [1.165, 1.54) is 36.6 Å². The predicted octanol–water partition coefficient (Wildman–Crippen LogP) is 5.14. The Labute approximate surface area is 146 Å². The number of amides is 1. The highest BCUT2D eigenvalue weighted by Gasteiger charge is 2.36. The average molecular weight is 335 g/mol.